The Balaban J connectivity index is 1.69. The Hall–Kier alpha value is -1.01. The summed E-state index contributed by atoms with van der Waals surface area (Å²) in [7, 11) is 0. The maximum atomic E-state index is 13.0. The molecule has 0 saturated carbocycles. The van der Waals surface area contributed by atoms with E-state index in [9.17, 15) is 40.5 Å². The maximum absolute atomic E-state index is 13.0. The molecule has 2 saturated heterocycles. The molecular weight excluding hydrogens is 861 g/mol. The van der Waals surface area contributed by atoms with Gasteiger partial charge in [-0.1, -0.05) is 213 Å². The second kappa shape index (κ2) is 41.6. The molecule has 398 valence electrons. The Bertz CT molecular complexity index is 1120. The molecule has 2 fully saturated rings. The van der Waals surface area contributed by atoms with Crippen LogP contribution in [-0.2, 0) is 33.2 Å². The largest absolute Gasteiger partial charge is 0.457 e. The first-order valence-corrected chi connectivity index (χ1v) is 27.6. The van der Waals surface area contributed by atoms with Crippen LogP contribution >= 0.6 is 0 Å². The highest BCUT2D eigenvalue weighted by Crippen LogP contribution is 2.27. The molecule has 0 radical (unpaired) electrons. The van der Waals surface area contributed by atoms with Gasteiger partial charge in [-0.05, 0) is 12.8 Å². The van der Waals surface area contributed by atoms with Gasteiger partial charge in [-0.25, -0.2) is 0 Å². The van der Waals surface area contributed by atoms with Crippen LogP contribution in [0.1, 0.15) is 232 Å². The summed E-state index contributed by atoms with van der Waals surface area (Å²) in [5.74, 6) is -0.369. The molecule has 11 atom stereocenters. The smallest absolute Gasteiger partial charge is 0.306 e. The normalized spacial score (nSPS) is 26.0. The van der Waals surface area contributed by atoms with E-state index in [2.05, 4.69) is 13.8 Å². The van der Waals surface area contributed by atoms with Gasteiger partial charge in [0, 0.05) is 13.0 Å². The van der Waals surface area contributed by atoms with E-state index in [1.165, 1.54) is 167 Å². The molecule has 14 heteroatoms. The predicted molar refractivity (Wildman–Crippen MR) is 261 cm³/mol. The van der Waals surface area contributed by atoms with Crippen LogP contribution in [-0.4, -0.2) is 142 Å². The van der Waals surface area contributed by atoms with Crippen molar-refractivity contribution in [2.45, 2.75) is 300 Å². The molecule has 0 aromatic heterocycles. The number of aliphatic hydroxyl groups is 7. The molecule has 14 nitrogen and oxygen atoms in total. The van der Waals surface area contributed by atoms with Gasteiger partial charge in [0.15, 0.2) is 12.6 Å². The van der Waals surface area contributed by atoms with Crippen LogP contribution < -0.4 is 0 Å². The first-order chi connectivity index (χ1) is 32.6. The number of carbonyl (C=O) groups is 1. The van der Waals surface area contributed by atoms with Crippen molar-refractivity contribution >= 4 is 5.97 Å². The summed E-state index contributed by atoms with van der Waals surface area (Å²) >= 11 is 0. The Kier molecular flexibility index (Phi) is 38.6. The van der Waals surface area contributed by atoms with Crippen molar-refractivity contribution in [2.24, 2.45) is 0 Å². The van der Waals surface area contributed by atoms with Gasteiger partial charge in [0.25, 0.3) is 0 Å². The summed E-state index contributed by atoms with van der Waals surface area (Å²) < 4.78 is 34.3. The van der Waals surface area contributed by atoms with Crippen molar-refractivity contribution in [1.29, 1.82) is 0 Å². The van der Waals surface area contributed by atoms with Crippen molar-refractivity contribution in [1.82, 2.24) is 0 Å². The van der Waals surface area contributed by atoms with Gasteiger partial charge in [-0.2, -0.15) is 0 Å². The molecule has 0 spiro atoms. The van der Waals surface area contributed by atoms with E-state index in [1.807, 2.05) is 0 Å². The van der Waals surface area contributed by atoms with E-state index < -0.39 is 80.7 Å². The predicted octanol–water partition coefficient (Wildman–Crippen LogP) is 8.86. The SMILES string of the molecule is CCCCCCCCCCCCCCCCCCCCCCCCC(=O)OC(COCCCCCCCCCCCCC)COC1OC(COC2OC(CO)C(O)C(O)C2O)C(O)C(O)C1O. The van der Waals surface area contributed by atoms with Crippen LogP contribution in [0.4, 0.5) is 0 Å². The molecule has 0 amide bonds. The second-order valence-electron chi connectivity index (χ2n) is 19.8. The van der Waals surface area contributed by atoms with Crippen LogP contribution in [0.5, 0.6) is 0 Å². The van der Waals surface area contributed by atoms with Crippen LogP contribution in [0.25, 0.3) is 0 Å². The minimum absolute atomic E-state index is 0.0699. The van der Waals surface area contributed by atoms with Crippen LogP contribution in [0, 0.1) is 0 Å². The highest BCUT2D eigenvalue weighted by molar-refractivity contribution is 5.69. The van der Waals surface area contributed by atoms with Crippen LogP contribution in [0.15, 0.2) is 0 Å². The van der Waals surface area contributed by atoms with E-state index in [-0.39, 0.29) is 25.6 Å². The summed E-state index contributed by atoms with van der Waals surface area (Å²) in [6.07, 6.45) is 26.0. The van der Waals surface area contributed by atoms with Gasteiger partial charge >= 0.3 is 5.97 Å². The fraction of sp³-hybridized carbons (Fsp3) is 0.981. The molecule has 11 unspecified atom stereocenters. The Morgan fingerprint density at radius 3 is 1.21 bits per heavy atom. The number of rotatable bonds is 45. The summed E-state index contributed by atoms with van der Waals surface area (Å²) in [5.41, 5.74) is 0. The van der Waals surface area contributed by atoms with E-state index in [1.54, 1.807) is 0 Å². The lowest BCUT2D eigenvalue weighted by Gasteiger charge is -2.42. The average molecular weight is 963 g/mol. The minimum atomic E-state index is -1.70. The first kappa shape index (κ1) is 62.1. The van der Waals surface area contributed by atoms with Crippen molar-refractivity contribution in [3.05, 3.63) is 0 Å². The molecule has 0 aromatic rings. The topological polar surface area (TPSA) is 214 Å². The maximum Gasteiger partial charge on any atom is 0.306 e. The fourth-order valence-corrected chi connectivity index (χ4v) is 9.11. The standard InChI is InChI=1S/C53H102O14/c1-3-5-7-9-11-13-15-16-17-18-19-20-21-22-23-24-25-26-28-30-32-34-36-45(55)65-42(39-62-37-35-33-31-29-27-14-12-10-8-6-4-2)40-63-52-51(61)49(59)47(57)44(67-52)41-64-53-50(60)48(58)46(56)43(38-54)66-53/h42-44,46-54,56-61H,3-41H2,1-2H3. The van der Waals surface area contributed by atoms with E-state index in [0.717, 1.165) is 44.9 Å². The Labute approximate surface area is 406 Å². The molecule has 7 N–H and O–H groups in total. The summed E-state index contributed by atoms with van der Waals surface area (Å²) in [6, 6.07) is 0. The van der Waals surface area contributed by atoms with E-state index >= 15 is 0 Å². The van der Waals surface area contributed by atoms with Gasteiger partial charge in [-0.3, -0.25) is 4.79 Å². The third-order valence-corrected chi connectivity index (χ3v) is 13.6. The van der Waals surface area contributed by atoms with Crippen LogP contribution in [0.2, 0.25) is 0 Å². The van der Waals surface area contributed by atoms with E-state index in [0.29, 0.717) is 6.61 Å². The molecule has 2 aliphatic rings. The number of hydrogen-bond donors (Lipinski definition) is 7. The molecule has 0 aliphatic carbocycles. The number of esters is 1. The minimum Gasteiger partial charge on any atom is -0.457 e. The summed E-state index contributed by atoms with van der Waals surface area (Å²) in [5, 5.41) is 72.1. The monoisotopic (exact) mass is 963 g/mol. The molecule has 2 heterocycles. The Morgan fingerprint density at radius 1 is 0.433 bits per heavy atom. The molecular formula is C53H102O14. The fourth-order valence-electron chi connectivity index (χ4n) is 9.11. The highest BCUT2D eigenvalue weighted by atomic mass is 16.7. The number of ether oxygens (including phenoxy) is 6. The lowest BCUT2D eigenvalue weighted by Crippen LogP contribution is -2.61. The molecule has 2 rings (SSSR count). The Morgan fingerprint density at radius 2 is 0.791 bits per heavy atom. The van der Waals surface area contributed by atoms with Crippen molar-refractivity contribution in [2.75, 3.05) is 33.0 Å². The third-order valence-electron chi connectivity index (χ3n) is 13.6. The summed E-state index contributed by atoms with van der Waals surface area (Å²) in [6.45, 7) is 3.74. The van der Waals surface area contributed by atoms with Gasteiger partial charge < -0.3 is 64.2 Å². The molecule has 67 heavy (non-hydrogen) atoms. The third kappa shape index (κ3) is 29.2. The lowest BCUT2D eigenvalue weighted by molar-refractivity contribution is -0.332. The van der Waals surface area contributed by atoms with Crippen molar-refractivity contribution in [3.63, 3.8) is 0 Å². The van der Waals surface area contributed by atoms with Crippen molar-refractivity contribution < 1.29 is 69.0 Å². The quantitative estimate of drug-likeness (QED) is 0.0224. The molecule has 2 aliphatic heterocycles. The van der Waals surface area contributed by atoms with E-state index in [4.69, 9.17) is 28.4 Å². The number of carbonyl (C=O) groups excluding carboxylic acids is 1. The number of hydrogen-bond acceptors (Lipinski definition) is 14. The number of aliphatic hydroxyl groups excluding tert-OH is 7. The summed E-state index contributed by atoms with van der Waals surface area (Å²) in [4.78, 5) is 13.0. The molecule has 0 bridgehead atoms. The first-order valence-electron chi connectivity index (χ1n) is 27.6. The second-order valence-corrected chi connectivity index (χ2v) is 19.8. The van der Waals surface area contributed by atoms with Gasteiger partial charge in [0.05, 0.1) is 26.4 Å². The highest BCUT2D eigenvalue weighted by Gasteiger charge is 2.47. The lowest BCUT2D eigenvalue weighted by atomic mass is 9.98. The number of unbranched alkanes of at least 4 members (excludes halogenated alkanes) is 31. The van der Waals surface area contributed by atoms with Gasteiger partial charge in [-0.15, -0.1) is 0 Å². The zero-order chi connectivity index (χ0) is 48.7. The molecule has 0 aromatic carbocycles. The van der Waals surface area contributed by atoms with Crippen molar-refractivity contribution in [3.8, 4) is 0 Å². The zero-order valence-electron chi connectivity index (χ0n) is 42.4. The zero-order valence-corrected chi connectivity index (χ0v) is 42.4. The van der Waals surface area contributed by atoms with Gasteiger partial charge in [0.1, 0.15) is 54.9 Å². The van der Waals surface area contributed by atoms with Gasteiger partial charge in [0.2, 0.25) is 0 Å². The van der Waals surface area contributed by atoms with Crippen LogP contribution in [0.3, 0.4) is 0 Å². The average Bonchev–Trinajstić information content (AvgIpc) is 3.32.